The fourth-order valence-corrected chi connectivity index (χ4v) is 2.08. The fraction of sp³-hybridized carbons (Fsp3) is 0.500. The number of halogens is 1. The van der Waals surface area contributed by atoms with Crippen LogP contribution in [-0.4, -0.2) is 25.0 Å². The molecule has 0 heterocycles. The molecule has 18 heavy (non-hydrogen) atoms. The molecule has 1 amide bonds. The second kappa shape index (κ2) is 5.72. The van der Waals surface area contributed by atoms with Crippen molar-refractivity contribution in [2.75, 3.05) is 7.05 Å². The molecule has 3 nitrogen and oxygen atoms in total. The summed E-state index contributed by atoms with van der Waals surface area (Å²) in [7, 11) is 2.03. The first-order valence-electron chi connectivity index (χ1n) is 6.44. The molecule has 1 aliphatic carbocycles. The molecule has 1 aromatic carbocycles. The number of carbonyl (C=O) groups is 1. The van der Waals surface area contributed by atoms with Gasteiger partial charge >= 0.3 is 0 Å². The first kappa shape index (κ1) is 13.4. The molecule has 98 valence electrons. The van der Waals surface area contributed by atoms with Crippen LogP contribution >= 0.6 is 11.6 Å². The van der Waals surface area contributed by atoms with Gasteiger partial charge in [0.1, 0.15) is 6.54 Å². The number of quaternary nitrogens is 1. The van der Waals surface area contributed by atoms with Crippen LogP contribution in [0.4, 0.5) is 0 Å². The highest BCUT2D eigenvalue weighted by Crippen LogP contribution is 2.18. The lowest BCUT2D eigenvalue weighted by Gasteiger charge is -2.21. The molecular formula is C14H20ClN2O+. The van der Waals surface area contributed by atoms with E-state index >= 15 is 0 Å². The van der Waals surface area contributed by atoms with Crippen LogP contribution in [0.1, 0.15) is 25.3 Å². The van der Waals surface area contributed by atoms with Crippen LogP contribution in [0.15, 0.2) is 24.3 Å². The Morgan fingerprint density at radius 1 is 1.50 bits per heavy atom. The maximum atomic E-state index is 11.9. The molecule has 2 rings (SSSR count). The van der Waals surface area contributed by atoms with E-state index in [2.05, 4.69) is 5.32 Å². The van der Waals surface area contributed by atoms with Gasteiger partial charge in [-0.3, -0.25) is 4.79 Å². The van der Waals surface area contributed by atoms with E-state index in [4.69, 9.17) is 11.6 Å². The predicted molar refractivity (Wildman–Crippen MR) is 72.7 cm³/mol. The fourth-order valence-electron chi connectivity index (χ4n) is 1.87. The van der Waals surface area contributed by atoms with Gasteiger partial charge in [-0.15, -0.1) is 0 Å². The SMILES string of the molecule is C[C@H](C(=O)NC1CC1)[NH+](C)Cc1ccccc1Cl. The lowest BCUT2D eigenvalue weighted by Crippen LogP contribution is -3.12. The van der Waals surface area contributed by atoms with Gasteiger partial charge in [0.05, 0.1) is 7.05 Å². The molecule has 4 heteroatoms. The van der Waals surface area contributed by atoms with Crippen LogP contribution in [0.5, 0.6) is 0 Å². The summed E-state index contributed by atoms with van der Waals surface area (Å²) in [6.45, 7) is 2.73. The molecule has 1 saturated carbocycles. The van der Waals surface area contributed by atoms with Crippen molar-refractivity contribution in [1.29, 1.82) is 0 Å². The maximum Gasteiger partial charge on any atom is 0.278 e. The first-order chi connectivity index (χ1) is 8.58. The predicted octanol–water partition coefficient (Wildman–Crippen LogP) is 1.02. The maximum absolute atomic E-state index is 11.9. The average molecular weight is 268 g/mol. The smallest absolute Gasteiger partial charge is 0.278 e. The van der Waals surface area contributed by atoms with Gasteiger partial charge in [0.25, 0.3) is 5.91 Å². The van der Waals surface area contributed by atoms with Gasteiger partial charge in [-0.1, -0.05) is 29.8 Å². The number of likely N-dealkylation sites (N-methyl/N-ethyl adjacent to an activating group) is 1. The molecule has 1 aromatic rings. The normalized spacial score (nSPS) is 18.2. The van der Waals surface area contributed by atoms with Gasteiger partial charge in [-0.25, -0.2) is 0 Å². The van der Waals surface area contributed by atoms with Crippen LogP contribution in [0.2, 0.25) is 5.02 Å². The molecule has 0 spiro atoms. The minimum absolute atomic E-state index is 0.0538. The third kappa shape index (κ3) is 3.47. The molecule has 0 bridgehead atoms. The van der Waals surface area contributed by atoms with E-state index in [9.17, 15) is 4.79 Å². The molecule has 2 atom stereocenters. The summed E-state index contributed by atoms with van der Waals surface area (Å²) in [6, 6.07) is 8.17. The Balaban J connectivity index is 1.92. The highest BCUT2D eigenvalue weighted by atomic mass is 35.5. The van der Waals surface area contributed by atoms with Gasteiger partial charge in [0.15, 0.2) is 6.04 Å². The van der Waals surface area contributed by atoms with E-state index in [0.717, 1.165) is 34.9 Å². The average Bonchev–Trinajstić information content (AvgIpc) is 3.15. The first-order valence-corrected chi connectivity index (χ1v) is 6.82. The molecule has 1 unspecified atom stereocenters. The zero-order valence-corrected chi connectivity index (χ0v) is 11.6. The Kier molecular flexibility index (Phi) is 4.25. The van der Waals surface area contributed by atoms with Crippen LogP contribution < -0.4 is 10.2 Å². The number of hydrogen-bond acceptors (Lipinski definition) is 1. The van der Waals surface area contributed by atoms with Crippen LogP contribution in [0.3, 0.4) is 0 Å². The highest BCUT2D eigenvalue weighted by Gasteiger charge is 2.29. The summed E-state index contributed by atoms with van der Waals surface area (Å²) in [5.41, 5.74) is 1.09. The molecule has 2 N–H and O–H groups in total. The van der Waals surface area contributed by atoms with E-state index in [-0.39, 0.29) is 11.9 Å². The summed E-state index contributed by atoms with van der Waals surface area (Å²) in [6.07, 6.45) is 2.25. The van der Waals surface area contributed by atoms with Gasteiger partial charge in [-0.2, -0.15) is 0 Å². The number of carbonyl (C=O) groups excluding carboxylic acids is 1. The van der Waals surface area contributed by atoms with E-state index in [1.54, 1.807) is 0 Å². The molecular weight excluding hydrogens is 248 g/mol. The summed E-state index contributed by atoms with van der Waals surface area (Å²) in [5.74, 6) is 0.141. The second-order valence-corrected chi connectivity index (χ2v) is 5.53. The van der Waals surface area contributed by atoms with E-state index < -0.39 is 0 Å². The third-order valence-electron chi connectivity index (χ3n) is 3.48. The van der Waals surface area contributed by atoms with Crippen molar-refractivity contribution in [3.05, 3.63) is 34.9 Å². The standard InChI is InChI=1S/C14H19ClN2O/c1-10(14(18)16-12-7-8-12)17(2)9-11-5-3-4-6-13(11)15/h3-6,10,12H,7-9H2,1-2H3,(H,16,18)/p+1/t10-/m1/s1. The summed E-state index contributed by atoms with van der Waals surface area (Å²) in [4.78, 5) is 13.1. The van der Waals surface area contributed by atoms with Crippen molar-refractivity contribution in [2.45, 2.75) is 38.4 Å². The van der Waals surface area contributed by atoms with Crippen LogP contribution in [-0.2, 0) is 11.3 Å². The molecule has 0 saturated heterocycles. The van der Waals surface area contributed by atoms with Crippen molar-refractivity contribution in [3.8, 4) is 0 Å². The number of amides is 1. The zero-order valence-electron chi connectivity index (χ0n) is 10.9. The van der Waals surface area contributed by atoms with Crippen LogP contribution in [0.25, 0.3) is 0 Å². The Bertz CT molecular complexity index is 432. The van der Waals surface area contributed by atoms with Gasteiger partial charge in [0.2, 0.25) is 0 Å². The summed E-state index contributed by atoms with van der Waals surface area (Å²) in [5, 5.41) is 3.81. The quantitative estimate of drug-likeness (QED) is 0.821. The van der Waals surface area contributed by atoms with Crippen molar-refractivity contribution < 1.29 is 9.69 Å². The number of benzene rings is 1. The Labute approximate surface area is 113 Å². The zero-order chi connectivity index (χ0) is 13.1. The van der Waals surface area contributed by atoms with Crippen molar-refractivity contribution in [2.24, 2.45) is 0 Å². The van der Waals surface area contributed by atoms with Crippen LogP contribution in [0, 0.1) is 0 Å². The number of hydrogen-bond donors (Lipinski definition) is 2. The summed E-state index contributed by atoms with van der Waals surface area (Å²) >= 11 is 6.13. The van der Waals surface area contributed by atoms with Crippen molar-refractivity contribution >= 4 is 17.5 Å². The molecule has 0 aromatic heterocycles. The third-order valence-corrected chi connectivity index (χ3v) is 3.85. The van der Waals surface area contributed by atoms with E-state index in [1.807, 2.05) is 38.2 Å². The van der Waals surface area contributed by atoms with Crippen molar-refractivity contribution in [1.82, 2.24) is 5.32 Å². The highest BCUT2D eigenvalue weighted by molar-refractivity contribution is 6.31. The largest absolute Gasteiger partial charge is 0.348 e. The van der Waals surface area contributed by atoms with Gasteiger partial charge in [-0.05, 0) is 25.8 Å². The molecule has 0 radical (unpaired) electrons. The topological polar surface area (TPSA) is 33.5 Å². The Hall–Kier alpha value is -1.06. The second-order valence-electron chi connectivity index (χ2n) is 5.12. The van der Waals surface area contributed by atoms with E-state index in [0.29, 0.717) is 6.04 Å². The van der Waals surface area contributed by atoms with Crippen molar-refractivity contribution in [3.63, 3.8) is 0 Å². The van der Waals surface area contributed by atoms with Gasteiger partial charge in [0, 0.05) is 16.6 Å². The van der Waals surface area contributed by atoms with Gasteiger partial charge < -0.3 is 10.2 Å². The lowest BCUT2D eigenvalue weighted by atomic mass is 10.2. The Morgan fingerprint density at radius 2 is 2.17 bits per heavy atom. The minimum atomic E-state index is -0.0538. The molecule has 1 aliphatic rings. The number of nitrogens with one attached hydrogen (secondary N) is 2. The molecule has 0 aliphatic heterocycles. The number of rotatable bonds is 5. The lowest BCUT2D eigenvalue weighted by molar-refractivity contribution is -0.908. The Morgan fingerprint density at radius 3 is 2.78 bits per heavy atom. The minimum Gasteiger partial charge on any atom is -0.348 e. The summed E-state index contributed by atoms with van der Waals surface area (Å²) < 4.78 is 0. The van der Waals surface area contributed by atoms with E-state index in [1.165, 1.54) is 0 Å². The monoisotopic (exact) mass is 267 g/mol. The molecule has 1 fully saturated rings.